The molecule has 0 aliphatic carbocycles. The number of benzene rings is 3. The van der Waals surface area contributed by atoms with Crippen LogP contribution in [0.5, 0.6) is 17.2 Å². The summed E-state index contributed by atoms with van der Waals surface area (Å²) in [5.41, 5.74) is 0.385. The Labute approximate surface area is 187 Å². The number of ether oxygens (including phenoxy) is 2. The largest absolute Gasteiger partial charge is 0.487 e. The van der Waals surface area contributed by atoms with Crippen LogP contribution < -0.4 is 14.2 Å². The van der Waals surface area contributed by atoms with E-state index in [1.807, 2.05) is 37.4 Å². The van der Waals surface area contributed by atoms with Gasteiger partial charge in [-0.25, -0.2) is 8.42 Å². The minimum atomic E-state index is -3.78. The van der Waals surface area contributed by atoms with Crippen LogP contribution in [0.15, 0.2) is 77.7 Å². The van der Waals surface area contributed by atoms with Crippen molar-refractivity contribution >= 4 is 27.3 Å². The molecule has 0 unspecified atom stereocenters. The van der Waals surface area contributed by atoms with E-state index in [2.05, 4.69) is 9.62 Å². The summed E-state index contributed by atoms with van der Waals surface area (Å²) in [5.74, 6) is 1.70. The molecule has 0 radical (unpaired) electrons. The summed E-state index contributed by atoms with van der Waals surface area (Å²) < 4.78 is 39.9. The first-order chi connectivity index (χ1) is 14.9. The van der Waals surface area contributed by atoms with Gasteiger partial charge in [-0.05, 0) is 62.0 Å². The van der Waals surface area contributed by atoms with Gasteiger partial charge in [0.05, 0.1) is 15.6 Å². The van der Waals surface area contributed by atoms with Gasteiger partial charge in [-0.3, -0.25) is 4.72 Å². The Morgan fingerprint density at radius 2 is 1.71 bits per heavy atom. The van der Waals surface area contributed by atoms with Crippen molar-refractivity contribution in [2.75, 3.05) is 24.9 Å². The van der Waals surface area contributed by atoms with E-state index in [4.69, 9.17) is 21.1 Å². The minimum Gasteiger partial charge on any atom is -0.487 e. The minimum absolute atomic E-state index is 0.0338. The van der Waals surface area contributed by atoms with Gasteiger partial charge in [-0.15, -0.1) is 0 Å². The molecule has 8 heteroatoms. The lowest BCUT2D eigenvalue weighted by Gasteiger charge is -2.16. The first-order valence-electron chi connectivity index (χ1n) is 9.89. The zero-order valence-electron chi connectivity index (χ0n) is 17.0. The van der Waals surface area contributed by atoms with Crippen LogP contribution in [-0.4, -0.2) is 39.6 Å². The topological polar surface area (TPSA) is 67.9 Å². The van der Waals surface area contributed by atoms with Crippen LogP contribution in [0.4, 0.5) is 5.69 Å². The molecule has 1 aliphatic heterocycles. The fourth-order valence-electron chi connectivity index (χ4n) is 3.35. The third-order valence-corrected chi connectivity index (χ3v) is 6.65. The molecule has 0 aromatic heterocycles. The Morgan fingerprint density at radius 1 is 1.00 bits per heavy atom. The van der Waals surface area contributed by atoms with E-state index in [0.29, 0.717) is 28.0 Å². The highest BCUT2D eigenvalue weighted by molar-refractivity contribution is 7.92. The number of likely N-dealkylation sites (N-methyl/N-ethyl adjacent to an activating group) is 1. The summed E-state index contributed by atoms with van der Waals surface area (Å²) in [6, 6.07) is 20.4. The number of para-hydroxylation sites is 1. The summed E-state index contributed by atoms with van der Waals surface area (Å²) >= 11 is 6.25. The molecule has 6 nitrogen and oxygen atoms in total. The zero-order chi connectivity index (χ0) is 21.8. The van der Waals surface area contributed by atoms with Crippen molar-refractivity contribution in [3.05, 3.63) is 77.8 Å². The molecule has 1 saturated heterocycles. The quantitative estimate of drug-likeness (QED) is 0.538. The third-order valence-electron chi connectivity index (χ3n) is 4.94. The maximum absolute atomic E-state index is 12.8. The molecule has 4 rings (SSSR count). The van der Waals surface area contributed by atoms with Gasteiger partial charge >= 0.3 is 0 Å². The second kappa shape index (κ2) is 9.18. The molecule has 1 aliphatic rings. The predicted molar refractivity (Wildman–Crippen MR) is 122 cm³/mol. The van der Waals surface area contributed by atoms with Crippen molar-refractivity contribution in [1.82, 2.24) is 4.90 Å². The second-order valence-corrected chi connectivity index (χ2v) is 9.52. The van der Waals surface area contributed by atoms with Gasteiger partial charge in [0.15, 0.2) is 0 Å². The molecule has 1 heterocycles. The maximum Gasteiger partial charge on any atom is 0.261 e. The molecule has 0 saturated carbocycles. The van der Waals surface area contributed by atoms with Crippen LogP contribution in [0.25, 0.3) is 0 Å². The van der Waals surface area contributed by atoms with E-state index in [-0.39, 0.29) is 11.0 Å². The highest BCUT2D eigenvalue weighted by Crippen LogP contribution is 2.31. The number of halogens is 1. The van der Waals surface area contributed by atoms with Crippen LogP contribution in [0.3, 0.4) is 0 Å². The molecule has 31 heavy (non-hydrogen) atoms. The van der Waals surface area contributed by atoms with E-state index < -0.39 is 10.0 Å². The molecule has 0 spiro atoms. The second-order valence-electron chi connectivity index (χ2n) is 7.43. The number of nitrogens with one attached hydrogen (secondary N) is 1. The van der Waals surface area contributed by atoms with Crippen molar-refractivity contribution in [3.63, 3.8) is 0 Å². The molecule has 1 fully saturated rings. The average Bonchev–Trinajstić information content (AvgIpc) is 3.16. The van der Waals surface area contributed by atoms with Gasteiger partial charge in [0.1, 0.15) is 23.4 Å². The number of sulfonamides is 1. The highest BCUT2D eigenvalue weighted by atomic mass is 35.5. The summed E-state index contributed by atoms with van der Waals surface area (Å²) in [6.07, 6.45) is 0.937. The molecule has 0 bridgehead atoms. The van der Waals surface area contributed by atoms with Gasteiger partial charge in [-0.2, -0.15) is 0 Å². The van der Waals surface area contributed by atoms with Crippen molar-refractivity contribution in [1.29, 1.82) is 0 Å². The Morgan fingerprint density at radius 3 is 2.39 bits per heavy atom. The van der Waals surface area contributed by atoms with E-state index in [0.717, 1.165) is 19.5 Å². The number of rotatable bonds is 7. The average molecular weight is 459 g/mol. The van der Waals surface area contributed by atoms with Crippen molar-refractivity contribution in [2.45, 2.75) is 17.4 Å². The Bertz CT molecular complexity index is 1140. The molecule has 3 aromatic carbocycles. The monoisotopic (exact) mass is 458 g/mol. The molecule has 1 atom stereocenters. The van der Waals surface area contributed by atoms with Crippen LogP contribution >= 0.6 is 11.6 Å². The number of likely N-dealkylation sites (tertiary alicyclic amines) is 1. The fourth-order valence-corrected chi connectivity index (χ4v) is 4.56. The Hall–Kier alpha value is -2.74. The van der Waals surface area contributed by atoms with Crippen LogP contribution in [-0.2, 0) is 10.0 Å². The van der Waals surface area contributed by atoms with Crippen LogP contribution in [0.1, 0.15) is 6.42 Å². The number of hydrogen-bond donors (Lipinski definition) is 1. The lowest BCUT2D eigenvalue weighted by atomic mass is 10.3. The number of hydrogen-bond acceptors (Lipinski definition) is 5. The third kappa shape index (κ3) is 5.50. The lowest BCUT2D eigenvalue weighted by molar-refractivity contribution is 0.208. The van der Waals surface area contributed by atoms with E-state index in [9.17, 15) is 8.42 Å². The molecular weight excluding hydrogens is 436 g/mol. The fraction of sp³-hybridized carbons (Fsp3) is 0.217. The van der Waals surface area contributed by atoms with Gasteiger partial charge in [0.25, 0.3) is 10.0 Å². The Kier molecular flexibility index (Phi) is 6.36. The first-order valence-corrected chi connectivity index (χ1v) is 11.8. The Balaban J connectivity index is 1.46. The standard InChI is InChI=1S/C23H23ClN2O4S/c1-26-14-13-20(16-26)30-23-15-17(7-12-22(23)24)25-31(27,28)21-10-8-19(9-11-21)29-18-5-3-2-4-6-18/h2-12,15,20,25H,13-14,16H2,1H3/t20-/m1/s1. The van der Waals surface area contributed by atoms with E-state index in [1.165, 1.54) is 12.1 Å². The maximum atomic E-state index is 12.8. The van der Waals surface area contributed by atoms with Crippen LogP contribution in [0, 0.1) is 0 Å². The van der Waals surface area contributed by atoms with Gasteiger partial charge < -0.3 is 14.4 Å². The highest BCUT2D eigenvalue weighted by Gasteiger charge is 2.22. The SMILES string of the molecule is CN1CC[C@@H](Oc2cc(NS(=O)(=O)c3ccc(Oc4ccccc4)cc3)ccc2Cl)C1. The van der Waals surface area contributed by atoms with Crippen molar-refractivity contribution < 1.29 is 17.9 Å². The van der Waals surface area contributed by atoms with Crippen molar-refractivity contribution in [2.24, 2.45) is 0 Å². The van der Waals surface area contributed by atoms with Gasteiger partial charge in [-0.1, -0.05) is 29.8 Å². The lowest BCUT2D eigenvalue weighted by Crippen LogP contribution is -2.21. The molecular formula is C23H23ClN2O4S. The summed E-state index contributed by atoms with van der Waals surface area (Å²) in [7, 11) is -1.75. The van der Waals surface area contributed by atoms with E-state index in [1.54, 1.807) is 30.3 Å². The van der Waals surface area contributed by atoms with Gasteiger partial charge in [0.2, 0.25) is 0 Å². The first kappa shape index (κ1) is 21.5. The number of nitrogens with zero attached hydrogens (tertiary/aromatic N) is 1. The summed E-state index contributed by atoms with van der Waals surface area (Å²) in [6.45, 7) is 1.77. The zero-order valence-corrected chi connectivity index (χ0v) is 18.6. The molecule has 3 aromatic rings. The van der Waals surface area contributed by atoms with E-state index >= 15 is 0 Å². The summed E-state index contributed by atoms with van der Waals surface area (Å²) in [4.78, 5) is 2.30. The van der Waals surface area contributed by atoms with Crippen LogP contribution in [0.2, 0.25) is 5.02 Å². The molecule has 1 N–H and O–H groups in total. The smallest absolute Gasteiger partial charge is 0.261 e. The van der Waals surface area contributed by atoms with Gasteiger partial charge in [0, 0.05) is 19.2 Å². The number of anilines is 1. The molecule has 162 valence electrons. The molecule has 0 amide bonds. The van der Waals surface area contributed by atoms with Crippen molar-refractivity contribution in [3.8, 4) is 17.2 Å². The normalized spacial score (nSPS) is 16.8. The summed E-state index contributed by atoms with van der Waals surface area (Å²) in [5, 5.41) is 0.444. The predicted octanol–water partition coefficient (Wildman–Crippen LogP) is 5.02.